The number of carbonyl (C=O) groups excluding carboxylic acids is 2. The molecule has 1 atom stereocenters. The lowest BCUT2D eigenvalue weighted by Gasteiger charge is -2.35. The average molecular weight is 793 g/mol. The second-order valence-corrected chi connectivity index (χ2v) is 15.4. The van der Waals surface area contributed by atoms with E-state index in [2.05, 4.69) is 21.2 Å². The summed E-state index contributed by atoms with van der Waals surface area (Å²) in [5.74, 6) is 0.330. The predicted molar refractivity (Wildman–Crippen MR) is 205 cm³/mol. The molecule has 1 fully saturated rings. The van der Waals surface area contributed by atoms with Crippen LogP contribution >= 0.6 is 15.9 Å². The number of hydrogen-bond acceptors (Lipinski definition) is 7. The van der Waals surface area contributed by atoms with E-state index < -0.39 is 28.5 Å². The van der Waals surface area contributed by atoms with Crippen LogP contribution in [0.5, 0.6) is 17.2 Å². The second kappa shape index (κ2) is 18.3. The molecule has 1 unspecified atom stereocenters. The van der Waals surface area contributed by atoms with E-state index in [1.54, 1.807) is 24.3 Å². The Morgan fingerprint density at radius 1 is 0.846 bits per heavy atom. The Morgan fingerprint density at radius 3 is 2.15 bits per heavy atom. The minimum Gasteiger partial charge on any atom is -0.494 e. The minimum absolute atomic E-state index is 0.00920. The maximum absolute atomic E-state index is 14.9. The monoisotopic (exact) mass is 791 g/mol. The molecule has 1 aliphatic rings. The van der Waals surface area contributed by atoms with Gasteiger partial charge < -0.3 is 24.4 Å². The molecule has 1 aliphatic carbocycles. The van der Waals surface area contributed by atoms with Crippen LogP contribution in [0.25, 0.3) is 0 Å². The summed E-state index contributed by atoms with van der Waals surface area (Å²) in [7, 11) is -1.48. The quantitative estimate of drug-likeness (QED) is 0.128. The van der Waals surface area contributed by atoms with Crippen molar-refractivity contribution in [2.45, 2.75) is 69.0 Å². The summed E-state index contributed by atoms with van der Waals surface area (Å²) < 4.78 is 47.5. The maximum Gasteiger partial charge on any atom is 0.264 e. The Labute approximate surface area is 315 Å². The van der Waals surface area contributed by atoms with E-state index in [0.717, 1.165) is 52.0 Å². The first-order valence-electron chi connectivity index (χ1n) is 17.5. The fraction of sp³-hybridized carbons (Fsp3) is 0.350. The van der Waals surface area contributed by atoms with Crippen molar-refractivity contribution in [2.24, 2.45) is 0 Å². The Bertz CT molecular complexity index is 1880. The van der Waals surface area contributed by atoms with Gasteiger partial charge in [-0.25, -0.2) is 8.42 Å². The van der Waals surface area contributed by atoms with Gasteiger partial charge in [0.05, 0.1) is 31.4 Å². The summed E-state index contributed by atoms with van der Waals surface area (Å²) in [4.78, 5) is 30.6. The highest BCUT2D eigenvalue weighted by molar-refractivity contribution is 9.10. The molecular weight excluding hydrogens is 746 g/mol. The van der Waals surface area contributed by atoms with E-state index >= 15 is 0 Å². The van der Waals surface area contributed by atoms with Crippen LogP contribution in [0.3, 0.4) is 0 Å². The zero-order chi connectivity index (χ0) is 37.1. The van der Waals surface area contributed by atoms with Gasteiger partial charge in [0.1, 0.15) is 18.3 Å². The summed E-state index contributed by atoms with van der Waals surface area (Å²) in [6, 6.07) is 27.0. The number of nitrogens with one attached hydrogen (secondary N) is 1. The number of amides is 2. The van der Waals surface area contributed by atoms with Gasteiger partial charge in [0.15, 0.2) is 11.5 Å². The van der Waals surface area contributed by atoms with E-state index in [0.29, 0.717) is 18.1 Å². The molecule has 0 aromatic heterocycles. The van der Waals surface area contributed by atoms with Crippen molar-refractivity contribution < 1.29 is 32.2 Å². The summed E-state index contributed by atoms with van der Waals surface area (Å²) in [5.41, 5.74) is 1.91. The van der Waals surface area contributed by atoms with E-state index in [1.165, 1.54) is 37.3 Å². The topological polar surface area (TPSA) is 114 Å². The van der Waals surface area contributed by atoms with Gasteiger partial charge in [-0.1, -0.05) is 77.7 Å². The number of halogens is 1. The third-order valence-corrected chi connectivity index (χ3v) is 11.4. The van der Waals surface area contributed by atoms with Crippen LogP contribution in [0.1, 0.15) is 50.2 Å². The van der Waals surface area contributed by atoms with Crippen molar-refractivity contribution >= 4 is 43.5 Å². The number of carbonyl (C=O) groups is 2. The number of rotatable bonds is 16. The number of nitrogens with zero attached hydrogens (tertiary/aromatic N) is 2. The maximum atomic E-state index is 14.9. The van der Waals surface area contributed by atoms with E-state index in [9.17, 15) is 18.0 Å². The number of methoxy groups -OCH3 is 2. The first kappa shape index (κ1) is 38.7. The smallest absolute Gasteiger partial charge is 0.264 e. The third kappa shape index (κ3) is 9.86. The molecule has 12 heteroatoms. The van der Waals surface area contributed by atoms with Gasteiger partial charge in [-0.2, -0.15) is 0 Å². The fourth-order valence-electron chi connectivity index (χ4n) is 6.39. The molecule has 0 saturated heterocycles. The van der Waals surface area contributed by atoms with E-state index in [4.69, 9.17) is 14.2 Å². The number of benzene rings is 4. The Hall–Kier alpha value is -4.55. The standard InChI is InChI=1S/C40H46BrN3O7S/c1-4-51-34-21-19-33(20-22-34)44(52(47,48)35-23-24-37(49-2)38(26-35)50-3)28-39(45)43(27-30-15-17-31(41)18-16-30)36(25-29-11-7-5-8-12-29)40(46)42-32-13-9-6-10-14-32/h5,7-8,11-12,15-24,26,32,36H,4,6,9-10,13-14,25,27-28H2,1-3H3,(H,42,46). The largest absolute Gasteiger partial charge is 0.494 e. The van der Waals surface area contributed by atoms with Crippen LogP contribution in [0.2, 0.25) is 0 Å². The molecule has 4 aromatic carbocycles. The molecule has 2 amide bonds. The first-order chi connectivity index (χ1) is 25.1. The zero-order valence-corrected chi connectivity index (χ0v) is 32.2. The lowest BCUT2D eigenvalue weighted by atomic mass is 9.94. The molecule has 5 rings (SSSR count). The molecule has 0 radical (unpaired) electrons. The first-order valence-corrected chi connectivity index (χ1v) is 19.7. The second-order valence-electron chi connectivity index (χ2n) is 12.7. The molecule has 1 N–H and O–H groups in total. The van der Waals surface area contributed by atoms with Crippen molar-refractivity contribution in [1.82, 2.24) is 10.2 Å². The van der Waals surface area contributed by atoms with Crippen molar-refractivity contribution in [3.63, 3.8) is 0 Å². The van der Waals surface area contributed by atoms with E-state index in [1.807, 2.05) is 61.5 Å². The number of ether oxygens (including phenoxy) is 3. The SMILES string of the molecule is CCOc1ccc(N(CC(=O)N(Cc2ccc(Br)cc2)C(Cc2ccccc2)C(=O)NC2CCCCC2)S(=O)(=O)c2ccc(OC)c(OC)c2)cc1. The molecule has 0 spiro atoms. The highest BCUT2D eigenvalue weighted by atomic mass is 79.9. The Morgan fingerprint density at radius 2 is 1.52 bits per heavy atom. The summed E-state index contributed by atoms with van der Waals surface area (Å²) >= 11 is 3.49. The summed E-state index contributed by atoms with van der Waals surface area (Å²) in [6.45, 7) is 1.79. The van der Waals surface area contributed by atoms with Gasteiger partial charge in [-0.3, -0.25) is 13.9 Å². The number of hydrogen-bond donors (Lipinski definition) is 1. The highest BCUT2D eigenvalue weighted by Gasteiger charge is 2.36. The number of sulfonamides is 1. The van der Waals surface area contributed by atoms with Gasteiger partial charge >= 0.3 is 0 Å². The van der Waals surface area contributed by atoms with Crippen molar-refractivity contribution in [3.8, 4) is 17.2 Å². The lowest BCUT2D eigenvalue weighted by molar-refractivity contribution is -0.140. The van der Waals surface area contributed by atoms with Crippen LogP contribution in [0.15, 0.2) is 106 Å². The van der Waals surface area contributed by atoms with Crippen LogP contribution in [0.4, 0.5) is 5.69 Å². The third-order valence-electron chi connectivity index (χ3n) is 9.15. The molecule has 0 bridgehead atoms. The van der Waals surface area contributed by atoms with Crippen LogP contribution in [0, 0.1) is 0 Å². The van der Waals surface area contributed by atoms with Gasteiger partial charge in [0.25, 0.3) is 10.0 Å². The Kier molecular flexibility index (Phi) is 13.6. The predicted octanol–water partition coefficient (Wildman–Crippen LogP) is 7.15. The molecule has 1 saturated carbocycles. The average Bonchev–Trinajstić information content (AvgIpc) is 3.16. The van der Waals surface area contributed by atoms with Crippen LogP contribution in [-0.4, -0.2) is 64.6 Å². The molecular formula is C40H46BrN3O7S. The Balaban J connectivity index is 1.58. The molecule has 0 heterocycles. The highest BCUT2D eigenvalue weighted by Crippen LogP contribution is 2.33. The van der Waals surface area contributed by atoms with Gasteiger partial charge in [-0.05, 0) is 79.4 Å². The van der Waals surface area contributed by atoms with E-state index in [-0.39, 0.29) is 41.2 Å². The summed E-state index contributed by atoms with van der Waals surface area (Å²) in [5, 5.41) is 3.24. The number of anilines is 1. The lowest BCUT2D eigenvalue weighted by Crippen LogP contribution is -2.55. The van der Waals surface area contributed by atoms with Gasteiger partial charge in [0, 0.05) is 29.5 Å². The zero-order valence-electron chi connectivity index (χ0n) is 29.8. The van der Waals surface area contributed by atoms with Gasteiger partial charge in [0.2, 0.25) is 11.8 Å². The molecule has 10 nitrogen and oxygen atoms in total. The van der Waals surface area contributed by atoms with Gasteiger partial charge in [-0.15, -0.1) is 0 Å². The molecule has 276 valence electrons. The van der Waals surface area contributed by atoms with Crippen molar-refractivity contribution in [2.75, 3.05) is 31.7 Å². The fourth-order valence-corrected chi connectivity index (χ4v) is 8.09. The summed E-state index contributed by atoms with van der Waals surface area (Å²) in [6.07, 6.45) is 5.18. The van der Waals surface area contributed by atoms with Crippen molar-refractivity contribution in [1.29, 1.82) is 0 Å². The van der Waals surface area contributed by atoms with Crippen LogP contribution in [-0.2, 0) is 32.6 Å². The van der Waals surface area contributed by atoms with Crippen molar-refractivity contribution in [3.05, 3.63) is 113 Å². The van der Waals surface area contributed by atoms with Crippen LogP contribution < -0.4 is 23.8 Å². The normalized spacial score (nSPS) is 13.8. The molecule has 0 aliphatic heterocycles. The minimum atomic E-state index is -4.37. The molecule has 52 heavy (non-hydrogen) atoms. The molecule has 4 aromatic rings.